The highest BCUT2D eigenvalue weighted by molar-refractivity contribution is 5.82. The van der Waals surface area contributed by atoms with Gasteiger partial charge in [0.05, 0.1) is 6.61 Å². The Bertz CT molecular complexity index is 436. The first-order valence-corrected chi connectivity index (χ1v) is 6.31. The zero-order chi connectivity index (χ0) is 15.0. The Balaban J connectivity index is 2.37. The highest BCUT2D eigenvalue weighted by atomic mass is 16.6. The monoisotopic (exact) mass is 280 g/mol. The van der Waals surface area contributed by atoms with Gasteiger partial charge < -0.3 is 19.6 Å². The van der Waals surface area contributed by atoms with E-state index in [-0.39, 0.29) is 32.2 Å². The minimum absolute atomic E-state index is 0.0792. The van der Waals surface area contributed by atoms with Crippen LogP contribution in [0.1, 0.15) is 5.56 Å². The lowest BCUT2D eigenvalue weighted by Crippen LogP contribution is -2.40. The first-order valence-electron chi connectivity index (χ1n) is 6.31. The summed E-state index contributed by atoms with van der Waals surface area (Å²) in [6.45, 7) is 0.227. The molecule has 0 unspecified atom stereocenters. The third-order valence-electron chi connectivity index (χ3n) is 2.75. The number of hydrogen-bond donors (Lipinski definition) is 1. The minimum atomic E-state index is -0.556. The molecule has 1 N–H and O–H groups in total. The molecule has 0 fully saturated rings. The molecule has 0 bridgehead atoms. The predicted molar refractivity (Wildman–Crippen MR) is 74.0 cm³/mol. The van der Waals surface area contributed by atoms with Crippen molar-refractivity contribution in [2.24, 2.45) is 0 Å². The molecule has 1 aromatic rings. The molecule has 20 heavy (non-hydrogen) atoms. The fourth-order valence-corrected chi connectivity index (χ4v) is 1.49. The number of ether oxygens (including phenoxy) is 1. The van der Waals surface area contributed by atoms with Crippen molar-refractivity contribution in [1.82, 2.24) is 9.80 Å². The number of aliphatic hydroxyl groups is 1. The lowest BCUT2D eigenvalue weighted by atomic mass is 10.2. The van der Waals surface area contributed by atoms with Crippen LogP contribution in [0.3, 0.4) is 0 Å². The van der Waals surface area contributed by atoms with Gasteiger partial charge in [-0.3, -0.25) is 4.79 Å². The lowest BCUT2D eigenvalue weighted by Gasteiger charge is -2.21. The van der Waals surface area contributed by atoms with E-state index in [4.69, 9.17) is 9.84 Å². The van der Waals surface area contributed by atoms with Crippen LogP contribution in [0.5, 0.6) is 0 Å². The van der Waals surface area contributed by atoms with E-state index >= 15 is 0 Å². The number of rotatable bonds is 6. The van der Waals surface area contributed by atoms with Gasteiger partial charge in [0, 0.05) is 20.6 Å². The molecular weight excluding hydrogens is 260 g/mol. The molecule has 0 atom stereocenters. The number of amides is 2. The molecule has 0 aliphatic rings. The second-order valence-corrected chi connectivity index (χ2v) is 4.44. The van der Waals surface area contributed by atoms with E-state index < -0.39 is 6.09 Å². The van der Waals surface area contributed by atoms with E-state index in [1.165, 1.54) is 16.8 Å². The number of aliphatic hydroxyl groups excluding tert-OH is 1. The van der Waals surface area contributed by atoms with Crippen molar-refractivity contribution in [1.29, 1.82) is 0 Å². The molecule has 0 aromatic heterocycles. The van der Waals surface area contributed by atoms with Crippen LogP contribution in [-0.2, 0) is 16.1 Å². The normalized spacial score (nSPS) is 9.95. The summed E-state index contributed by atoms with van der Waals surface area (Å²) in [5, 5.41) is 8.74. The van der Waals surface area contributed by atoms with Crippen molar-refractivity contribution >= 4 is 12.0 Å². The number of nitrogens with zero attached hydrogens (tertiary/aromatic N) is 2. The van der Waals surface area contributed by atoms with Gasteiger partial charge in [-0.25, -0.2) is 4.79 Å². The van der Waals surface area contributed by atoms with Crippen LogP contribution in [0, 0.1) is 0 Å². The van der Waals surface area contributed by atoms with Crippen molar-refractivity contribution < 1.29 is 19.4 Å². The highest BCUT2D eigenvalue weighted by Crippen LogP contribution is 2.02. The van der Waals surface area contributed by atoms with Crippen molar-refractivity contribution in [3.05, 3.63) is 35.9 Å². The molecule has 0 radical (unpaired) electrons. The second-order valence-electron chi connectivity index (χ2n) is 4.44. The van der Waals surface area contributed by atoms with Crippen LogP contribution in [0.4, 0.5) is 4.79 Å². The summed E-state index contributed by atoms with van der Waals surface area (Å²) in [6, 6.07) is 9.31. The van der Waals surface area contributed by atoms with Gasteiger partial charge in [0.2, 0.25) is 5.91 Å². The third-order valence-corrected chi connectivity index (χ3v) is 2.75. The Morgan fingerprint density at radius 1 is 1.15 bits per heavy atom. The quantitative estimate of drug-likeness (QED) is 0.833. The maximum absolute atomic E-state index is 11.7. The minimum Gasteiger partial charge on any atom is -0.445 e. The van der Waals surface area contributed by atoms with Gasteiger partial charge in [0.15, 0.2) is 0 Å². The average Bonchev–Trinajstić information content (AvgIpc) is 2.45. The van der Waals surface area contributed by atoms with Crippen molar-refractivity contribution in [2.45, 2.75) is 6.61 Å². The average molecular weight is 280 g/mol. The molecule has 1 aromatic carbocycles. The Hall–Kier alpha value is -2.08. The maximum Gasteiger partial charge on any atom is 0.410 e. The summed E-state index contributed by atoms with van der Waals surface area (Å²) >= 11 is 0. The maximum atomic E-state index is 11.7. The smallest absolute Gasteiger partial charge is 0.410 e. The zero-order valence-electron chi connectivity index (χ0n) is 11.8. The topological polar surface area (TPSA) is 70.1 Å². The van der Waals surface area contributed by atoms with Crippen LogP contribution >= 0.6 is 0 Å². The fourth-order valence-electron chi connectivity index (χ4n) is 1.49. The van der Waals surface area contributed by atoms with Crippen LogP contribution in [0.25, 0.3) is 0 Å². The molecule has 6 heteroatoms. The number of carbonyl (C=O) groups is 2. The number of hydrogen-bond acceptors (Lipinski definition) is 4. The molecule has 2 amide bonds. The van der Waals surface area contributed by atoms with Gasteiger partial charge in [-0.05, 0) is 5.56 Å². The van der Waals surface area contributed by atoms with E-state index in [1.54, 1.807) is 7.05 Å². The Morgan fingerprint density at radius 3 is 2.40 bits per heavy atom. The van der Waals surface area contributed by atoms with Crippen molar-refractivity contribution in [3.8, 4) is 0 Å². The first-order chi connectivity index (χ1) is 9.54. The van der Waals surface area contributed by atoms with E-state index in [1.807, 2.05) is 30.3 Å². The molecule has 6 nitrogen and oxygen atoms in total. The van der Waals surface area contributed by atoms with Crippen molar-refractivity contribution in [2.75, 3.05) is 33.8 Å². The Labute approximate surface area is 118 Å². The van der Waals surface area contributed by atoms with Crippen LogP contribution < -0.4 is 0 Å². The van der Waals surface area contributed by atoms with Crippen LogP contribution in [-0.4, -0.2) is 60.7 Å². The van der Waals surface area contributed by atoms with E-state index in [0.717, 1.165) is 5.56 Å². The van der Waals surface area contributed by atoms with Crippen molar-refractivity contribution in [3.63, 3.8) is 0 Å². The molecule has 1 rings (SSSR count). The van der Waals surface area contributed by atoms with Gasteiger partial charge in [-0.15, -0.1) is 0 Å². The fraction of sp³-hybridized carbons (Fsp3) is 0.429. The second kappa shape index (κ2) is 8.16. The van der Waals surface area contributed by atoms with Gasteiger partial charge in [-0.1, -0.05) is 30.3 Å². The lowest BCUT2D eigenvalue weighted by molar-refractivity contribution is -0.131. The molecule has 110 valence electrons. The Kier molecular flexibility index (Phi) is 6.52. The SMILES string of the molecule is CN(CCO)C(=O)CN(C)C(=O)OCc1ccccc1. The zero-order valence-corrected chi connectivity index (χ0v) is 11.8. The summed E-state index contributed by atoms with van der Waals surface area (Å²) in [5.74, 6) is -0.252. The summed E-state index contributed by atoms with van der Waals surface area (Å²) in [6.07, 6.45) is -0.556. The summed E-state index contributed by atoms with van der Waals surface area (Å²) in [5.41, 5.74) is 0.887. The summed E-state index contributed by atoms with van der Waals surface area (Å²) < 4.78 is 5.10. The summed E-state index contributed by atoms with van der Waals surface area (Å²) in [7, 11) is 3.07. The highest BCUT2D eigenvalue weighted by Gasteiger charge is 2.16. The van der Waals surface area contributed by atoms with Gasteiger partial charge >= 0.3 is 6.09 Å². The molecule has 0 spiro atoms. The van der Waals surface area contributed by atoms with E-state index in [0.29, 0.717) is 0 Å². The van der Waals surface area contributed by atoms with E-state index in [2.05, 4.69) is 0 Å². The molecular formula is C14H20N2O4. The Morgan fingerprint density at radius 2 is 1.80 bits per heavy atom. The van der Waals surface area contributed by atoms with Crippen LogP contribution in [0.2, 0.25) is 0 Å². The van der Waals surface area contributed by atoms with E-state index in [9.17, 15) is 9.59 Å². The number of likely N-dealkylation sites (N-methyl/N-ethyl adjacent to an activating group) is 2. The third kappa shape index (κ3) is 5.27. The molecule has 0 aliphatic carbocycles. The van der Waals surface area contributed by atoms with Gasteiger partial charge in [0.1, 0.15) is 13.2 Å². The molecule has 0 saturated carbocycles. The standard InChI is InChI=1S/C14H20N2O4/c1-15(8-9-17)13(18)10-16(2)14(19)20-11-12-6-4-3-5-7-12/h3-7,17H,8-11H2,1-2H3. The summed E-state index contributed by atoms with van der Waals surface area (Å²) in [4.78, 5) is 26.0. The predicted octanol–water partition coefficient (Wildman–Crippen LogP) is 0.706. The van der Waals surface area contributed by atoms with Gasteiger partial charge in [-0.2, -0.15) is 0 Å². The molecule has 0 heterocycles. The first kappa shape index (κ1) is 16.0. The van der Waals surface area contributed by atoms with Crippen LogP contribution in [0.15, 0.2) is 30.3 Å². The largest absolute Gasteiger partial charge is 0.445 e. The molecule has 0 aliphatic heterocycles. The van der Waals surface area contributed by atoms with Gasteiger partial charge in [0.25, 0.3) is 0 Å². The number of benzene rings is 1. The molecule has 0 saturated heterocycles. The number of carbonyl (C=O) groups excluding carboxylic acids is 2.